The fourth-order valence-electron chi connectivity index (χ4n) is 1.82. The van der Waals surface area contributed by atoms with Crippen molar-refractivity contribution >= 4 is 0 Å². The molecular formula is C10H17N3O. The van der Waals surface area contributed by atoms with Crippen LogP contribution in [-0.4, -0.2) is 23.2 Å². The molecule has 0 spiro atoms. The molecule has 78 valence electrons. The van der Waals surface area contributed by atoms with E-state index in [2.05, 4.69) is 15.5 Å². The van der Waals surface area contributed by atoms with Crippen LogP contribution >= 0.6 is 0 Å². The summed E-state index contributed by atoms with van der Waals surface area (Å²) in [6.45, 7) is 4.35. The summed E-state index contributed by atoms with van der Waals surface area (Å²) >= 11 is 0. The molecular weight excluding hydrogens is 178 g/mol. The average molecular weight is 195 g/mol. The van der Waals surface area contributed by atoms with Crippen molar-refractivity contribution in [1.29, 1.82) is 0 Å². The molecule has 1 unspecified atom stereocenters. The monoisotopic (exact) mass is 195 g/mol. The molecule has 0 bridgehead atoms. The molecule has 1 N–H and O–H groups in total. The molecule has 0 aromatic carbocycles. The Hall–Kier alpha value is -0.900. The Bertz CT molecular complexity index is 279. The lowest BCUT2D eigenvalue weighted by Gasteiger charge is -2.03. The first-order valence-corrected chi connectivity index (χ1v) is 5.40. The maximum absolute atomic E-state index is 5.13. The van der Waals surface area contributed by atoms with E-state index in [4.69, 9.17) is 4.52 Å². The number of nitrogens with one attached hydrogen (secondary N) is 1. The normalized spacial score (nSPS) is 21.6. The molecule has 0 aliphatic carbocycles. The summed E-state index contributed by atoms with van der Waals surface area (Å²) in [6, 6.07) is 0. The van der Waals surface area contributed by atoms with E-state index in [1.807, 2.05) is 6.92 Å². The van der Waals surface area contributed by atoms with Crippen molar-refractivity contribution < 1.29 is 4.52 Å². The summed E-state index contributed by atoms with van der Waals surface area (Å²) in [4.78, 5) is 4.29. The van der Waals surface area contributed by atoms with Crippen LogP contribution in [0.5, 0.6) is 0 Å². The van der Waals surface area contributed by atoms with Crippen molar-refractivity contribution in [2.45, 2.75) is 32.6 Å². The average Bonchev–Trinajstić information content (AvgIpc) is 2.86. The Labute approximate surface area is 84.1 Å². The highest BCUT2D eigenvalue weighted by Crippen LogP contribution is 2.14. The minimum absolute atomic E-state index is 0.798. The minimum atomic E-state index is 0.798. The van der Waals surface area contributed by atoms with Gasteiger partial charge in [-0.15, -0.1) is 0 Å². The molecule has 0 saturated carbocycles. The number of aromatic nitrogens is 2. The number of aryl methyl sites for hydroxylation is 2. The van der Waals surface area contributed by atoms with E-state index in [1.54, 1.807) is 0 Å². The maximum Gasteiger partial charge on any atom is 0.226 e. The first-order chi connectivity index (χ1) is 6.88. The minimum Gasteiger partial charge on any atom is -0.339 e. The van der Waals surface area contributed by atoms with E-state index in [0.717, 1.165) is 43.6 Å². The van der Waals surface area contributed by atoms with Crippen LogP contribution in [0, 0.1) is 5.92 Å². The van der Waals surface area contributed by atoms with E-state index >= 15 is 0 Å². The highest BCUT2D eigenvalue weighted by Gasteiger charge is 2.15. The summed E-state index contributed by atoms with van der Waals surface area (Å²) in [7, 11) is 0. The lowest BCUT2D eigenvalue weighted by molar-refractivity contribution is 0.360. The molecule has 14 heavy (non-hydrogen) atoms. The van der Waals surface area contributed by atoms with E-state index in [-0.39, 0.29) is 0 Å². The number of hydrogen-bond acceptors (Lipinski definition) is 4. The van der Waals surface area contributed by atoms with Gasteiger partial charge < -0.3 is 9.84 Å². The molecule has 1 aromatic heterocycles. The summed E-state index contributed by atoms with van der Waals surface area (Å²) < 4.78 is 5.13. The van der Waals surface area contributed by atoms with Crippen LogP contribution in [-0.2, 0) is 12.8 Å². The molecule has 1 aliphatic rings. The molecule has 2 rings (SSSR count). The van der Waals surface area contributed by atoms with Gasteiger partial charge in [0.2, 0.25) is 5.89 Å². The summed E-state index contributed by atoms with van der Waals surface area (Å²) in [5.74, 6) is 2.42. The third-order valence-electron chi connectivity index (χ3n) is 2.76. The fourth-order valence-corrected chi connectivity index (χ4v) is 1.82. The second-order valence-corrected chi connectivity index (χ2v) is 3.86. The van der Waals surface area contributed by atoms with Crippen molar-refractivity contribution in [1.82, 2.24) is 15.5 Å². The van der Waals surface area contributed by atoms with Crippen LogP contribution in [0.25, 0.3) is 0 Å². The Morgan fingerprint density at radius 3 is 3.14 bits per heavy atom. The number of nitrogens with zero attached hydrogens (tertiary/aromatic N) is 2. The summed E-state index contributed by atoms with van der Waals surface area (Å²) in [5.41, 5.74) is 0. The SMILES string of the molecule is CCc1noc(CCC2CCNC2)n1. The van der Waals surface area contributed by atoms with Gasteiger partial charge in [-0.2, -0.15) is 4.98 Å². The zero-order chi connectivity index (χ0) is 9.80. The maximum atomic E-state index is 5.13. The van der Waals surface area contributed by atoms with Crippen LogP contribution < -0.4 is 5.32 Å². The summed E-state index contributed by atoms with van der Waals surface area (Å²) in [6.07, 6.45) is 4.24. The standard InChI is InChI=1S/C10H17N3O/c1-2-9-12-10(14-13-9)4-3-8-5-6-11-7-8/h8,11H,2-7H2,1H3. The molecule has 1 atom stereocenters. The fraction of sp³-hybridized carbons (Fsp3) is 0.800. The lowest BCUT2D eigenvalue weighted by Crippen LogP contribution is -2.09. The van der Waals surface area contributed by atoms with Gasteiger partial charge in [0, 0.05) is 12.8 Å². The topological polar surface area (TPSA) is 51.0 Å². The molecule has 1 aliphatic heterocycles. The van der Waals surface area contributed by atoms with Gasteiger partial charge in [0.05, 0.1) is 0 Å². The Balaban J connectivity index is 1.79. The van der Waals surface area contributed by atoms with Gasteiger partial charge in [-0.25, -0.2) is 0 Å². The smallest absolute Gasteiger partial charge is 0.226 e. The largest absolute Gasteiger partial charge is 0.339 e. The predicted octanol–water partition coefficient (Wildman–Crippen LogP) is 1.17. The van der Waals surface area contributed by atoms with Gasteiger partial charge in [-0.1, -0.05) is 12.1 Å². The van der Waals surface area contributed by atoms with E-state index in [0.29, 0.717) is 0 Å². The van der Waals surface area contributed by atoms with Gasteiger partial charge >= 0.3 is 0 Å². The molecule has 4 nitrogen and oxygen atoms in total. The first kappa shape index (κ1) is 9.65. The predicted molar refractivity (Wildman–Crippen MR) is 53.0 cm³/mol. The highest BCUT2D eigenvalue weighted by molar-refractivity contribution is 4.86. The van der Waals surface area contributed by atoms with Crippen LogP contribution in [0.1, 0.15) is 31.5 Å². The Morgan fingerprint density at radius 2 is 2.50 bits per heavy atom. The lowest BCUT2D eigenvalue weighted by atomic mass is 10.0. The third-order valence-corrected chi connectivity index (χ3v) is 2.76. The molecule has 1 fully saturated rings. The van der Waals surface area contributed by atoms with Gasteiger partial charge in [0.1, 0.15) is 0 Å². The summed E-state index contributed by atoms with van der Waals surface area (Å²) in [5, 5.41) is 7.24. The van der Waals surface area contributed by atoms with Gasteiger partial charge in [-0.05, 0) is 31.8 Å². The first-order valence-electron chi connectivity index (χ1n) is 5.40. The van der Waals surface area contributed by atoms with Crippen LogP contribution in [0.4, 0.5) is 0 Å². The van der Waals surface area contributed by atoms with Crippen molar-refractivity contribution in [2.24, 2.45) is 5.92 Å². The Morgan fingerprint density at radius 1 is 1.57 bits per heavy atom. The molecule has 4 heteroatoms. The van der Waals surface area contributed by atoms with Crippen LogP contribution in [0.2, 0.25) is 0 Å². The van der Waals surface area contributed by atoms with E-state index < -0.39 is 0 Å². The zero-order valence-corrected chi connectivity index (χ0v) is 8.62. The van der Waals surface area contributed by atoms with Gasteiger partial charge in [0.25, 0.3) is 0 Å². The van der Waals surface area contributed by atoms with Crippen molar-refractivity contribution in [3.05, 3.63) is 11.7 Å². The molecule has 0 amide bonds. The Kier molecular flexibility index (Phi) is 3.14. The molecule has 0 radical (unpaired) electrons. The van der Waals surface area contributed by atoms with Gasteiger partial charge in [0.15, 0.2) is 5.82 Å². The third kappa shape index (κ3) is 2.32. The quantitative estimate of drug-likeness (QED) is 0.783. The zero-order valence-electron chi connectivity index (χ0n) is 8.62. The number of hydrogen-bond donors (Lipinski definition) is 1. The van der Waals surface area contributed by atoms with Crippen LogP contribution in [0.15, 0.2) is 4.52 Å². The van der Waals surface area contributed by atoms with Crippen molar-refractivity contribution in [3.8, 4) is 0 Å². The van der Waals surface area contributed by atoms with E-state index in [1.165, 1.54) is 12.8 Å². The van der Waals surface area contributed by atoms with Crippen molar-refractivity contribution in [3.63, 3.8) is 0 Å². The van der Waals surface area contributed by atoms with Crippen LogP contribution in [0.3, 0.4) is 0 Å². The second-order valence-electron chi connectivity index (χ2n) is 3.86. The second kappa shape index (κ2) is 4.55. The van der Waals surface area contributed by atoms with Crippen molar-refractivity contribution in [2.75, 3.05) is 13.1 Å². The molecule has 1 aromatic rings. The van der Waals surface area contributed by atoms with Gasteiger partial charge in [-0.3, -0.25) is 0 Å². The number of rotatable bonds is 4. The molecule has 1 saturated heterocycles. The van der Waals surface area contributed by atoms with E-state index in [9.17, 15) is 0 Å². The molecule has 2 heterocycles. The highest BCUT2D eigenvalue weighted by atomic mass is 16.5.